The Labute approximate surface area is 391 Å². The molecule has 0 N–H and O–H groups in total. The average Bonchev–Trinajstić information content (AvgIpc) is 3.59. The minimum Gasteiger partial charge on any atom is -0.497 e. The normalized spacial score (nSPS) is 18.5. The van der Waals surface area contributed by atoms with Crippen molar-refractivity contribution < 1.29 is 19.1 Å². The molecule has 3 heterocycles. The first kappa shape index (κ1) is 45.8. The monoisotopic (exact) mass is 882 g/mol. The van der Waals surface area contributed by atoms with E-state index in [0.717, 1.165) is 71.9 Å². The Bertz CT molecular complexity index is 2460. The standard InChI is InChI=1S/C56H62N6O4/c1-5-7-9-11-13-15-41-17-25-49(26-18-41)55-56(50-27-19-42(20-28-50)16-14-12-10-8-6-2)61(53(63)59(55)37-43-21-29-51(65-3)30-22-43)39-47-33-45(35-57)46(36-58)34-48(47)40-62(56)54(64)60(55)38-44-23-31-52(66-4)32-24-44/h17-34H,5-16,37-40H2,1-4H3. The number of rotatable bonds is 20. The molecule has 10 heteroatoms. The van der Waals surface area contributed by atoms with Crippen LogP contribution in [0.25, 0.3) is 0 Å². The fourth-order valence-electron chi connectivity index (χ4n) is 10.7. The molecule has 2 saturated heterocycles. The number of nitriles is 2. The third-order valence-corrected chi connectivity index (χ3v) is 14.1. The Morgan fingerprint density at radius 1 is 0.500 bits per heavy atom. The highest BCUT2D eigenvalue weighted by Crippen LogP contribution is 2.64. The zero-order valence-electron chi connectivity index (χ0n) is 39.0. The number of fused-ring (bicyclic) bond motifs is 1. The molecule has 2 fully saturated rings. The molecule has 5 aromatic carbocycles. The van der Waals surface area contributed by atoms with Crippen LogP contribution in [0.1, 0.15) is 134 Å². The zero-order valence-corrected chi connectivity index (χ0v) is 39.0. The number of ether oxygens (including phenoxy) is 2. The van der Waals surface area contributed by atoms with Crippen molar-refractivity contribution in [3.05, 3.63) is 165 Å². The van der Waals surface area contributed by atoms with Gasteiger partial charge in [0.1, 0.15) is 23.6 Å². The fourth-order valence-corrected chi connectivity index (χ4v) is 10.7. The number of carbonyl (C=O) groups excluding carboxylic acids is 2. The topological polar surface area (TPSA) is 113 Å². The summed E-state index contributed by atoms with van der Waals surface area (Å²) in [5.74, 6) is 1.40. The first-order valence-corrected chi connectivity index (χ1v) is 23.9. The van der Waals surface area contributed by atoms with E-state index in [1.807, 2.05) is 68.1 Å². The highest BCUT2D eigenvalue weighted by atomic mass is 16.5. The Morgan fingerprint density at radius 2 is 0.864 bits per heavy atom. The van der Waals surface area contributed by atoms with Crippen molar-refractivity contribution in [2.45, 2.75) is 128 Å². The van der Waals surface area contributed by atoms with E-state index < -0.39 is 11.3 Å². The molecule has 0 radical (unpaired) electrons. The molecule has 8 rings (SSSR count). The lowest BCUT2D eigenvalue weighted by Crippen LogP contribution is -2.62. The molecule has 66 heavy (non-hydrogen) atoms. The number of carbonyl (C=O) groups is 2. The van der Waals surface area contributed by atoms with Gasteiger partial charge in [0, 0.05) is 11.1 Å². The van der Waals surface area contributed by atoms with Crippen LogP contribution in [0.3, 0.4) is 0 Å². The lowest BCUT2D eigenvalue weighted by Gasteiger charge is -2.50. The molecule has 0 spiro atoms. The van der Waals surface area contributed by atoms with Crippen LogP contribution in [0.15, 0.2) is 109 Å². The molecule has 10 nitrogen and oxygen atoms in total. The molecule has 0 unspecified atom stereocenters. The van der Waals surface area contributed by atoms with Gasteiger partial charge in [0.15, 0.2) is 11.3 Å². The van der Waals surface area contributed by atoms with Crippen molar-refractivity contribution in [1.82, 2.24) is 19.6 Å². The van der Waals surface area contributed by atoms with Gasteiger partial charge in [-0.05, 0) is 95.5 Å². The average molecular weight is 883 g/mol. The fraction of sp³-hybridized carbons (Fsp3) is 0.393. The van der Waals surface area contributed by atoms with Gasteiger partial charge >= 0.3 is 12.1 Å². The quantitative estimate of drug-likeness (QED) is 0.0719. The maximum atomic E-state index is 16.2. The molecular weight excluding hydrogens is 821 g/mol. The highest BCUT2D eigenvalue weighted by Gasteiger charge is 2.80. The number of nitrogens with zero attached hydrogens (tertiary/aromatic N) is 6. The molecule has 0 bridgehead atoms. The van der Waals surface area contributed by atoms with E-state index in [0.29, 0.717) is 11.5 Å². The van der Waals surface area contributed by atoms with Crippen molar-refractivity contribution in [3.8, 4) is 23.6 Å². The maximum Gasteiger partial charge on any atom is 0.325 e. The Kier molecular flexibility index (Phi) is 14.0. The summed E-state index contributed by atoms with van der Waals surface area (Å²) in [6.07, 6.45) is 13.6. The number of urea groups is 2. The van der Waals surface area contributed by atoms with Gasteiger partial charge in [-0.2, -0.15) is 10.5 Å². The molecular formula is C56H62N6O4. The number of aryl methyl sites for hydroxylation is 2. The molecule has 0 aliphatic carbocycles. The Hall–Kier alpha value is -6.78. The summed E-state index contributed by atoms with van der Waals surface area (Å²) in [6, 6.07) is 40.2. The van der Waals surface area contributed by atoms with Gasteiger partial charge in [-0.25, -0.2) is 9.59 Å². The van der Waals surface area contributed by atoms with E-state index in [2.05, 4.69) is 74.5 Å². The summed E-state index contributed by atoms with van der Waals surface area (Å²) in [5.41, 5.74) is 4.83. The number of hydrogen-bond acceptors (Lipinski definition) is 6. The van der Waals surface area contributed by atoms with E-state index in [1.54, 1.807) is 26.4 Å². The van der Waals surface area contributed by atoms with Gasteiger partial charge in [-0.1, -0.05) is 138 Å². The van der Waals surface area contributed by atoms with Crippen molar-refractivity contribution in [2.75, 3.05) is 14.2 Å². The van der Waals surface area contributed by atoms with Gasteiger partial charge in [-0.3, -0.25) is 19.6 Å². The summed E-state index contributed by atoms with van der Waals surface area (Å²) < 4.78 is 11.1. The van der Waals surface area contributed by atoms with E-state index in [1.165, 1.54) is 49.7 Å². The van der Waals surface area contributed by atoms with E-state index >= 15 is 9.59 Å². The van der Waals surface area contributed by atoms with E-state index in [-0.39, 0.29) is 49.4 Å². The van der Waals surface area contributed by atoms with Gasteiger partial charge in [0.2, 0.25) is 0 Å². The van der Waals surface area contributed by atoms with Crippen molar-refractivity contribution in [2.24, 2.45) is 0 Å². The van der Waals surface area contributed by atoms with Crippen LogP contribution < -0.4 is 9.47 Å². The summed E-state index contributed by atoms with van der Waals surface area (Å²) >= 11 is 0. The number of amides is 4. The Balaban J connectivity index is 1.39. The second-order valence-corrected chi connectivity index (χ2v) is 18.1. The summed E-state index contributed by atoms with van der Waals surface area (Å²) in [7, 11) is 3.27. The molecule has 0 aromatic heterocycles. The first-order chi connectivity index (χ1) is 32.3. The minimum atomic E-state index is -1.44. The SMILES string of the molecule is CCCCCCCc1ccc(C23N(Cc4ccc(OC)cc4)C(=O)N4Cc5cc(C#N)c(C#N)cc5CN(C(=O)N2Cc2ccc(OC)cc2)C43c2ccc(CCCCCCC)cc2)cc1. The predicted octanol–water partition coefficient (Wildman–Crippen LogP) is 12.1. The van der Waals surface area contributed by atoms with Crippen molar-refractivity contribution >= 4 is 12.1 Å². The number of methoxy groups -OCH3 is 2. The third-order valence-electron chi connectivity index (χ3n) is 14.1. The number of benzene rings is 5. The molecule has 340 valence electrons. The largest absolute Gasteiger partial charge is 0.497 e. The molecule has 5 aromatic rings. The van der Waals surface area contributed by atoms with Crippen LogP contribution in [0.5, 0.6) is 11.5 Å². The van der Waals surface area contributed by atoms with Crippen molar-refractivity contribution in [3.63, 3.8) is 0 Å². The lowest BCUT2D eigenvalue weighted by molar-refractivity contribution is -0.0824. The predicted molar refractivity (Wildman–Crippen MR) is 256 cm³/mol. The van der Waals surface area contributed by atoms with Crippen molar-refractivity contribution in [1.29, 1.82) is 10.5 Å². The van der Waals surface area contributed by atoms with Crippen LogP contribution in [0, 0.1) is 22.7 Å². The van der Waals surface area contributed by atoms with E-state index in [4.69, 9.17) is 9.47 Å². The van der Waals surface area contributed by atoms with Crippen LogP contribution in [-0.4, -0.2) is 45.9 Å². The van der Waals surface area contributed by atoms with Gasteiger partial charge in [0.25, 0.3) is 0 Å². The minimum absolute atomic E-state index is 0.102. The van der Waals surface area contributed by atoms with Crippen LogP contribution in [-0.2, 0) is 50.3 Å². The van der Waals surface area contributed by atoms with Gasteiger partial charge in [0.05, 0.1) is 51.5 Å². The van der Waals surface area contributed by atoms with E-state index in [9.17, 15) is 10.5 Å². The highest BCUT2D eigenvalue weighted by molar-refractivity contribution is 5.90. The lowest BCUT2D eigenvalue weighted by atomic mass is 9.78. The van der Waals surface area contributed by atoms with Crippen LogP contribution in [0.4, 0.5) is 9.59 Å². The summed E-state index contributed by atoms with van der Waals surface area (Å²) in [5, 5.41) is 20.5. The third kappa shape index (κ3) is 8.23. The molecule has 0 saturated carbocycles. The Morgan fingerprint density at radius 3 is 1.23 bits per heavy atom. The first-order valence-electron chi connectivity index (χ1n) is 23.9. The van der Waals surface area contributed by atoms with Crippen LogP contribution >= 0.6 is 0 Å². The second kappa shape index (κ2) is 20.2. The summed E-state index contributed by atoms with van der Waals surface area (Å²) in [6.45, 7) is 5.02. The molecule has 0 atom stereocenters. The molecule has 3 aliphatic rings. The second-order valence-electron chi connectivity index (χ2n) is 18.1. The number of hydrogen-bond donors (Lipinski definition) is 0. The van der Waals surface area contributed by atoms with Gasteiger partial charge < -0.3 is 9.47 Å². The van der Waals surface area contributed by atoms with Gasteiger partial charge in [-0.15, -0.1) is 0 Å². The zero-order chi connectivity index (χ0) is 46.3. The number of unbranched alkanes of at least 4 members (excludes halogenated alkanes) is 8. The van der Waals surface area contributed by atoms with Crippen LogP contribution in [0.2, 0.25) is 0 Å². The summed E-state index contributed by atoms with van der Waals surface area (Å²) in [4.78, 5) is 39.9. The molecule has 3 aliphatic heterocycles. The maximum absolute atomic E-state index is 16.2. The smallest absolute Gasteiger partial charge is 0.325 e. The molecule has 4 amide bonds.